The van der Waals surface area contributed by atoms with Gasteiger partial charge in [-0.1, -0.05) is 6.92 Å². The molecule has 3 aromatic rings. The second-order valence-corrected chi connectivity index (χ2v) is 10.2. The Morgan fingerprint density at radius 2 is 1.85 bits per heavy atom. The summed E-state index contributed by atoms with van der Waals surface area (Å²) >= 11 is 0. The van der Waals surface area contributed by atoms with Crippen molar-refractivity contribution in [2.75, 3.05) is 18.5 Å². The van der Waals surface area contributed by atoms with Crippen molar-refractivity contribution >= 4 is 34.9 Å². The number of alkyl carbamates (subject to hydrolysis) is 1. The zero-order valence-electron chi connectivity index (χ0n) is 23.6. The lowest BCUT2D eigenvalue weighted by Gasteiger charge is -2.19. The number of fused-ring (bicyclic) bond motifs is 1. The number of aryl methyl sites for hydroxylation is 3. The number of benzene rings is 1. The van der Waals surface area contributed by atoms with Crippen LogP contribution in [0.15, 0.2) is 18.2 Å². The Bertz CT molecular complexity index is 1340. The maximum atomic E-state index is 13.1. The number of carbonyl (C=O) groups excluding carboxylic acids is 3. The van der Waals surface area contributed by atoms with Gasteiger partial charge >= 0.3 is 6.09 Å². The number of primary amides is 1. The number of amides is 3. The van der Waals surface area contributed by atoms with Crippen LogP contribution in [0.4, 0.5) is 10.7 Å². The monoisotopic (exact) mass is 541 g/mol. The molecule has 0 fully saturated rings. The zero-order valence-corrected chi connectivity index (χ0v) is 23.6. The van der Waals surface area contributed by atoms with Crippen molar-refractivity contribution in [3.8, 4) is 5.75 Å². The maximum Gasteiger partial charge on any atom is 0.407 e. The molecule has 0 unspecified atom stereocenters. The van der Waals surface area contributed by atoms with E-state index in [4.69, 9.17) is 15.2 Å². The number of aromatic nitrogens is 4. The fourth-order valence-electron chi connectivity index (χ4n) is 4.07. The summed E-state index contributed by atoms with van der Waals surface area (Å²) in [5.41, 5.74) is 7.58. The molecule has 0 atom stereocenters. The van der Waals surface area contributed by atoms with E-state index in [0.29, 0.717) is 67.5 Å². The largest absolute Gasteiger partial charge is 0.491 e. The number of nitrogens with two attached hydrogens (primary N) is 1. The summed E-state index contributed by atoms with van der Waals surface area (Å²) < 4.78 is 14.8. The molecule has 0 bridgehead atoms. The number of hydrogen-bond acceptors (Lipinski definition) is 7. The lowest BCUT2D eigenvalue weighted by molar-refractivity contribution is 0.0526. The Kier molecular flexibility index (Phi) is 9.55. The summed E-state index contributed by atoms with van der Waals surface area (Å²) in [4.78, 5) is 41.6. The van der Waals surface area contributed by atoms with Crippen LogP contribution < -0.4 is 21.1 Å². The minimum absolute atomic E-state index is 0.253. The SMILES string of the molecule is CCCn1c(NC(=O)c2cc(C)nn2CC)nc2cc(C(N)=O)cc(OCCCCNC(=O)OC(C)(C)C)c21. The normalized spacial score (nSPS) is 11.4. The van der Waals surface area contributed by atoms with Gasteiger partial charge in [0, 0.05) is 25.2 Å². The molecule has 2 heterocycles. The molecule has 12 nitrogen and oxygen atoms in total. The predicted octanol–water partition coefficient (Wildman–Crippen LogP) is 4.01. The molecule has 0 aliphatic heterocycles. The molecule has 0 saturated carbocycles. The number of rotatable bonds is 12. The summed E-state index contributed by atoms with van der Waals surface area (Å²) in [5.74, 6) is -0.162. The number of carbonyl (C=O) groups is 3. The first-order valence-corrected chi connectivity index (χ1v) is 13.2. The Morgan fingerprint density at radius 3 is 2.49 bits per heavy atom. The van der Waals surface area contributed by atoms with Crippen molar-refractivity contribution in [3.05, 3.63) is 35.2 Å². The molecule has 0 aliphatic rings. The lowest BCUT2D eigenvalue weighted by atomic mass is 10.1. The molecule has 0 spiro atoms. The third-order valence-electron chi connectivity index (χ3n) is 5.70. The first-order valence-electron chi connectivity index (χ1n) is 13.2. The summed E-state index contributed by atoms with van der Waals surface area (Å²) in [6.45, 7) is 13.1. The van der Waals surface area contributed by atoms with Gasteiger partial charge < -0.3 is 25.1 Å². The van der Waals surface area contributed by atoms with E-state index in [1.165, 1.54) is 0 Å². The van der Waals surface area contributed by atoms with Crippen molar-refractivity contribution in [1.29, 1.82) is 0 Å². The number of imidazole rings is 1. The molecule has 3 rings (SSSR count). The molecule has 212 valence electrons. The number of nitrogens with zero attached hydrogens (tertiary/aromatic N) is 4. The molecule has 0 aliphatic carbocycles. The van der Waals surface area contributed by atoms with E-state index in [9.17, 15) is 14.4 Å². The number of unbranched alkanes of at least 4 members (excludes halogenated alkanes) is 1. The topological polar surface area (TPSA) is 155 Å². The van der Waals surface area contributed by atoms with Crippen LogP contribution in [0.25, 0.3) is 11.0 Å². The number of ether oxygens (including phenoxy) is 2. The first kappa shape index (κ1) is 29.5. The molecular formula is C27H39N7O5. The summed E-state index contributed by atoms with van der Waals surface area (Å²) in [6, 6.07) is 4.92. The predicted molar refractivity (Wildman–Crippen MR) is 148 cm³/mol. The quantitative estimate of drug-likeness (QED) is 0.293. The van der Waals surface area contributed by atoms with Gasteiger partial charge in [0.15, 0.2) is 0 Å². The minimum atomic E-state index is -0.610. The molecule has 39 heavy (non-hydrogen) atoms. The van der Waals surface area contributed by atoms with E-state index in [-0.39, 0.29) is 11.5 Å². The van der Waals surface area contributed by atoms with Gasteiger partial charge in [-0.15, -0.1) is 0 Å². The van der Waals surface area contributed by atoms with Crippen LogP contribution in [-0.2, 0) is 17.8 Å². The van der Waals surface area contributed by atoms with Gasteiger partial charge in [0.25, 0.3) is 5.91 Å². The van der Waals surface area contributed by atoms with Crippen LogP contribution in [0.3, 0.4) is 0 Å². The van der Waals surface area contributed by atoms with Gasteiger partial charge in [0.1, 0.15) is 22.6 Å². The maximum absolute atomic E-state index is 13.1. The van der Waals surface area contributed by atoms with Crippen LogP contribution in [-0.4, -0.2) is 56.0 Å². The van der Waals surface area contributed by atoms with E-state index in [0.717, 1.165) is 12.1 Å². The standard InChI is InChI=1S/C27H39N7O5/c1-7-12-33-22-19(30-25(33)31-24(36)20-14-17(3)32-34(20)8-2)15-18(23(28)35)16-21(22)38-13-10-9-11-29-26(37)39-27(4,5)6/h14-16H,7-13H2,1-6H3,(H2,28,35)(H,29,37)(H,30,31,36). The highest BCUT2D eigenvalue weighted by atomic mass is 16.6. The summed E-state index contributed by atoms with van der Waals surface area (Å²) in [5, 5.41) is 9.97. The fraction of sp³-hybridized carbons (Fsp3) is 0.519. The van der Waals surface area contributed by atoms with Crippen LogP contribution in [0, 0.1) is 6.92 Å². The van der Waals surface area contributed by atoms with Crippen molar-refractivity contribution in [2.24, 2.45) is 5.73 Å². The average Bonchev–Trinajstić information content (AvgIpc) is 3.40. The highest BCUT2D eigenvalue weighted by Crippen LogP contribution is 2.31. The third-order valence-corrected chi connectivity index (χ3v) is 5.70. The second kappa shape index (κ2) is 12.6. The van der Waals surface area contributed by atoms with Crippen LogP contribution in [0.1, 0.15) is 80.4 Å². The van der Waals surface area contributed by atoms with Gasteiger partial charge in [-0.3, -0.25) is 19.6 Å². The Labute approximate surface area is 228 Å². The van der Waals surface area contributed by atoms with Crippen molar-refractivity contribution in [3.63, 3.8) is 0 Å². The van der Waals surface area contributed by atoms with Gasteiger partial charge in [-0.05, 0) is 72.1 Å². The molecule has 2 aromatic heterocycles. The smallest absolute Gasteiger partial charge is 0.407 e. The Hall–Kier alpha value is -4.09. The van der Waals surface area contributed by atoms with E-state index >= 15 is 0 Å². The molecule has 4 N–H and O–H groups in total. The Balaban J connectivity index is 1.80. The van der Waals surface area contributed by atoms with Crippen LogP contribution >= 0.6 is 0 Å². The molecule has 0 radical (unpaired) electrons. The minimum Gasteiger partial charge on any atom is -0.491 e. The van der Waals surface area contributed by atoms with Crippen LogP contribution in [0.5, 0.6) is 5.75 Å². The highest BCUT2D eigenvalue weighted by Gasteiger charge is 2.21. The van der Waals surface area contributed by atoms with Gasteiger partial charge in [0.2, 0.25) is 11.9 Å². The average molecular weight is 542 g/mol. The van der Waals surface area contributed by atoms with Crippen LogP contribution in [0.2, 0.25) is 0 Å². The van der Waals surface area contributed by atoms with Crippen molar-refractivity contribution < 1.29 is 23.9 Å². The molecule has 12 heteroatoms. The molecule has 1 aromatic carbocycles. The first-order chi connectivity index (χ1) is 18.4. The zero-order chi connectivity index (χ0) is 28.7. The van der Waals surface area contributed by atoms with Gasteiger partial charge in [-0.2, -0.15) is 5.10 Å². The van der Waals surface area contributed by atoms with Gasteiger partial charge in [0.05, 0.1) is 17.8 Å². The molecule has 0 saturated heterocycles. The fourth-order valence-corrected chi connectivity index (χ4v) is 4.07. The van der Waals surface area contributed by atoms with E-state index in [1.807, 2.05) is 46.1 Å². The number of hydrogen-bond donors (Lipinski definition) is 3. The van der Waals surface area contributed by atoms with Crippen molar-refractivity contribution in [1.82, 2.24) is 24.6 Å². The lowest BCUT2D eigenvalue weighted by Crippen LogP contribution is -2.33. The second-order valence-electron chi connectivity index (χ2n) is 10.2. The molecular weight excluding hydrogens is 502 g/mol. The third kappa shape index (κ3) is 7.71. The highest BCUT2D eigenvalue weighted by molar-refractivity contribution is 6.04. The summed E-state index contributed by atoms with van der Waals surface area (Å²) in [7, 11) is 0. The number of anilines is 1. The molecule has 3 amide bonds. The van der Waals surface area contributed by atoms with Gasteiger partial charge in [-0.25, -0.2) is 9.78 Å². The Morgan fingerprint density at radius 1 is 1.10 bits per heavy atom. The van der Waals surface area contributed by atoms with Crippen molar-refractivity contribution in [2.45, 2.75) is 79.5 Å². The summed E-state index contributed by atoms with van der Waals surface area (Å²) in [6.07, 6.45) is 1.62. The van der Waals surface area contributed by atoms with E-state index in [1.54, 1.807) is 22.9 Å². The van der Waals surface area contributed by atoms with E-state index < -0.39 is 17.6 Å². The number of nitrogens with one attached hydrogen (secondary N) is 2. The van der Waals surface area contributed by atoms with E-state index in [2.05, 4.69) is 20.7 Å².